The fourth-order valence-corrected chi connectivity index (χ4v) is 0. The minimum atomic E-state index is -4.56. The summed E-state index contributed by atoms with van der Waals surface area (Å²) in [4.78, 5) is 107. The van der Waals surface area contributed by atoms with Crippen molar-refractivity contribution in [2.75, 3.05) is 0 Å². The van der Waals surface area contributed by atoms with E-state index in [1.54, 1.807) is 0 Å². The molecule has 0 heterocycles. The van der Waals surface area contributed by atoms with E-state index in [0.29, 0.717) is 98.9 Å². The third-order valence-corrected chi connectivity index (χ3v) is 0. The van der Waals surface area contributed by atoms with Crippen molar-refractivity contribution in [1.82, 2.24) is 0 Å². The average Bonchev–Trinajstić information content (AvgIpc) is 2.50. The van der Waals surface area contributed by atoms with E-state index < -0.39 is 26.9 Å². The van der Waals surface area contributed by atoms with Gasteiger partial charge >= 0.3 is 116 Å². The van der Waals surface area contributed by atoms with Crippen LogP contribution >= 0.6 is 26.9 Å². The molecule has 0 amide bonds. The largest absolute Gasteiger partial charge is 2.00 e. The predicted octanol–water partition coefficient (Wildman–Crippen LogP) is -11.4. The maximum atomic E-state index is 8.92. The van der Waals surface area contributed by atoms with E-state index in [9.17, 15) is 0 Å². The molecule has 0 saturated heterocycles. The van der Waals surface area contributed by atoms with Crippen molar-refractivity contribution in [3.63, 3.8) is 0 Å². The quantitative estimate of drug-likeness (QED) is 0.161. The molecule has 0 radical (unpaired) electrons. The molecule has 17 nitrogen and oxygen atoms in total. The summed E-state index contributed by atoms with van der Waals surface area (Å²) in [6.07, 6.45) is 0. The van der Waals surface area contributed by atoms with E-state index in [1.165, 1.54) is 0 Å². The molecule has 0 aliphatic heterocycles. The van der Waals surface area contributed by atoms with Gasteiger partial charge in [0.05, 0.1) is 0 Å². The first-order valence-electron chi connectivity index (χ1n) is 3.75. The van der Waals surface area contributed by atoms with Crippen molar-refractivity contribution in [3.8, 4) is 0 Å². The van der Waals surface area contributed by atoms with Crippen LogP contribution in [0.3, 0.4) is 0 Å². The summed E-state index contributed by atoms with van der Waals surface area (Å²) in [7, 11) is 0. The number of hydrogen-bond donors (Lipinski definition) is 0. The van der Waals surface area contributed by atoms with Gasteiger partial charge in [0.1, 0.15) is 0 Å². The first-order chi connectivity index (χ1) is 13.0. The Morgan fingerprint density at radius 1 is 0.294 bits per heavy atom. The van der Waals surface area contributed by atoms with Crippen LogP contribution in [0.15, 0.2) is 0 Å². The molecule has 0 aromatic heterocycles. The summed E-state index contributed by atoms with van der Waals surface area (Å²) in [5, 5.41) is 0. The van der Waals surface area contributed by atoms with Gasteiger partial charge in [-0.05, 0) is 0 Å². The van der Waals surface area contributed by atoms with Crippen molar-refractivity contribution in [3.05, 3.63) is 0 Å². The monoisotopic (exact) mass is 1140 g/mol. The zero-order valence-electron chi connectivity index (χ0n) is 14.0. The van der Waals surface area contributed by atoms with Gasteiger partial charge in [0.25, 0.3) is 0 Å². The van der Waals surface area contributed by atoms with E-state index in [-0.39, 0.29) is 54.0 Å². The van der Waals surface area contributed by atoms with E-state index in [2.05, 4.69) is 47.2 Å². The Morgan fingerprint density at radius 3 is 0.294 bits per heavy atom. The molecule has 0 saturated carbocycles. The first-order valence-corrected chi connectivity index (χ1v) is 18.1. The molecule has 0 bridgehead atoms. The second kappa shape index (κ2) is 62.5. The molecule has 200 valence electrons. The van der Waals surface area contributed by atoms with Gasteiger partial charge in [0, 0.05) is 0 Å². The summed E-state index contributed by atoms with van der Waals surface area (Å²) in [5.74, 6) is 0. The summed E-state index contributed by atoms with van der Waals surface area (Å²) in [5.41, 5.74) is 0. The standard InChI is InChI=1S/5Mo.4H3O3PS.5O.4S/c;;;;;4*1-4(2,3)5;;;;;;;;;/h;;;;;4*(H3,1,2,3,5);;;;;;;;;/q5*+4;;;;;;;;;;4*-2/p-12. The van der Waals surface area contributed by atoms with Gasteiger partial charge in [-0.3, -0.25) is 0 Å². The van der Waals surface area contributed by atoms with Crippen LogP contribution in [-0.4, -0.2) is 0 Å². The summed E-state index contributed by atoms with van der Waals surface area (Å²) in [6, 6.07) is 0. The number of hydrogen-bond acceptors (Lipinski definition) is 21. The van der Waals surface area contributed by atoms with E-state index >= 15 is 0 Å². The van der Waals surface area contributed by atoms with Gasteiger partial charge in [-0.15, -0.1) is 0 Å². The maximum absolute atomic E-state index is 8.92. The van der Waals surface area contributed by atoms with Crippen LogP contribution in [-0.2, 0) is 217 Å². The summed E-state index contributed by atoms with van der Waals surface area (Å²) < 4.78 is 41.3. The Bertz CT molecular complexity index is 381. The Balaban J connectivity index is -0.0000000135. The van der Waals surface area contributed by atoms with Gasteiger partial charge in [-0.1, -0.05) is 0 Å². The molecule has 0 aromatic rings. The van der Waals surface area contributed by atoms with E-state index in [4.69, 9.17) is 75.7 Å². The number of rotatable bonds is 0. The molecule has 0 N–H and O–H groups in total. The van der Waals surface area contributed by atoms with Crippen LogP contribution in [0, 0.1) is 0 Å². The Morgan fingerprint density at radius 2 is 0.294 bits per heavy atom. The smallest absolute Gasteiger partial charge is 2.00 e. The molecule has 0 aliphatic rings. The topological polar surface area (TPSA) is 362 Å². The van der Waals surface area contributed by atoms with E-state index in [1.807, 2.05) is 0 Å². The molecule has 0 spiro atoms. The zero-order chi connectivity index (χ0) is 28.0. The normalized spacial score (nSPS) is 7.82. The summed E-state index contributed by atoms with van der Waals surface area (Å²) in [6.45, 7) is -18.2. The minimum Gasteiger partial charge on any atom is -2.00 e. The maximum Gasteiger partial charge on any atom is -2.00 e. The third-order valence-electron chi connectivity index (χ3n) is 0. The van der Waals surface area contributed by atoms with Gasteiger partial charge in [-0.25, -0.2) is 0 Å². The van der Waals surface area contributed by atoms with Crippen molar-refractivity contribution in [2.24, 2.45) is 0 Å². The van der Waals surface area contributed by atoms with Crippen LogP contribution in [0.1, 0.15) is 0 Å². The van der Waals surface area contributed by atoms with Crippen molar-refractivity contribution in [1.29, 1.82) is 0 Å². The minimum absolute atomic E-state index is 0. The van der Waals surface area contributed by atoms with E-state index in [0.717, 1.165) is 0 Å². The van der Waals surface area contributed by atoms with Gasteiger partial charge in [-0.2, -0.15) is 47.2 Å². The fourth-order valence-electron chi connectivity index (χ4n) is 0. The molecular formula is Mo5O17P4S8. The van der Waals surface area contributed by atoms with Crippen LogP contribution < -0.4 is 58.7 Å². The fraction of sp³-hybridized carbons (Fsp3) is 0. The summed E-state index contributed by atoms with van der Waals surface area (Å²) >= 11 is 16.6. The van der Waals surface area contributed by atoms with Crippen LogP contribution in [0.5, 0.6) is 0 Å². The average molecular weight is 1130 g/mol. The molecule has 0 atom stereocenters. The van der Waals surface area contributed by atoms with Crippen molar-refractivity contribution < 1.29 is 175 Å². The van der Waals surface area contributed by atoms with Crippen LogP contribution in [0.4, 0.5) is 0 Å². The zero-order valence-corrected chi connectivity index (χ0v) is 34.2. The van der Waals surface area contributed by atoms with Gasteiger partial charge in [0.2, 0.25) is 0 Å². The Labute approximate surface area is 298 Å². The second-order valence-corrected chi connectivity index (χ2v) is 10.7. The molecule has 34 heavy (non-hydrogen) atoms. The molecule has 34 heteroatoms. The third kappa shape index (κ3) is 1460. The Hall–Kier alpha value is 5.96. The van der Waals surface area contributed by atoms with Gasteiger partial charge in [0.15, 0.2) is 0 Å². The molecular weight excluding hydrogens is 1130 g/mol. The van der Waals surface area contributed by atoms with Crippen molar-refractivity contribution in [2.45, 2.75) is 0 Å². The Kier molecular flexibility index (Phi) is 154. The second-order valence-electron chi connectivity index (χ2n) is 1.79. The molecule has 0 fully saturated rings. The predicted molar refractivity (Wildman–Crippen MR) is 90.0 cm³/mol. The first kappa shape index (κ1) is 83.4. The van der Waals surface area contributed by atoms with Gasteiger partial charge < -0.3 is 140 Å². The molecule has 0 aliphatic carbocycles. The molecule has 0 rings (SSSR count). The molecule has 0 unspecified atom stereocenters. The molecule has 0 aromatic carbocycles. The van der Waals surface area contributed by atoms with Crippen LogP contribution in [0.2, 0.25) is 0 Å². The van der Waals surface area contributed by atoms with Crippen LogP contribution in [0.25, 0.3) is 0 Å². The van der Waals surface area contributed by atoms with Crippen molar-refractivity contribution >= 4 is 128 Å². The SMILES string of the molecule is [O-]P([O-])([O-])=S.[O-]P([O-])([O-])=S.[O-]P([O-])([O-])=S.[O-]P([O-])([O-])=S.[O]=[Mo+4].[O]=[Mo+4].[O]=[Mo+4].[O]=[Mo+4].[O]=[Mo+4].[S-2].[S-2].[S-2].[S-2].